The lowest BCUT2D eigenvalue weighted by Gasteiger charge is -2.26. The van der Waals surface area contributed by atoms with Gasteiger partial charge < -0.3 is 10.6 Å². The van der Waals surface area contributed by atoms with Crippen LogP contribution >= 0.6 is 0 Å². The molecule has 0 amide bonds. The van der Waals surface area contributed by atoms with Crippen LogP contribution in [0.15, 0.2) is 18.2 Å². The minimum atomic E-state index is -4.36. The molecule has 1 fully saturated rings. The third-order valence-electron chi connectivity index (χ3n) is 3.22. The SMILES string of the molecule is CCN(CC1CC1)c1ccc(N)cc1C(F)(F)F. The van der Waals surface area contributed by atoms with Gasteiger partial charge in [0.2, 0.25) is 0 Å². The number of hydrogen-bond acceptors (Lipinski definition) is 2. The van der Waals surface area contributed by atoms with Gasteiger partial charge in [-0.2, -0.15) is 13.2 Å². The Hall–Kier alpha value is -1.39. The molecule has 100 valence electrons. The second-order valence-corrected chi connectivity index (χ2v) is 4.76. The van der Waals surface area contributed by atoms with E-state index in [4.69, 9.17) is 5.73 Å². The fraction of sp³-hybridized carbons (Fsp3) is 0.538. The summed E-state index contributed by atoms with van der Waals surface area (Å²) in [6.07, 6.45) is -2.12. The molecule has 0 atom stereocenters. The molecule has 0 spiro atoms. The molecule has 0 bridgehead atoms. The maximum absolute atomic E-state index is 13.0. The first kappa shape index (κ1) is 13.1. The maximum Gasteiger partial charge on any atom is 0.418 e. The van der Waals surface area contributed by atoms with E-state index in [1.807, 2.05) is 6.92 Å². The van der Waals surface area contributed by atoms with Gasteiger partial charge in [0.05, 0.1) is 5.56 Å². The van der Waals surface area contributed by atoms with Crippen molar-refractivity contribution in [3.63, 3.8) is 0 Å². The number of nitrogens with zero attached hydrogens (tertiary/aromatic N) is 1. The van der Waals surface area contributed by atoms with Gasteiger partial charge in [-0.25, -0.2) is 0 Å². The number of benzene rings is 1. The highest BCUT2D eigenvalue weighted by molar-refractivity contribution is 5.61. The normalized spacial score (nSPS) is 15.8. The average molecular weight is 258 g/mol. The Bertz CT molecular complexity index is 425. The fourth-order valence-corrected chi connectivity index (χ4v) is 2.07. The van der Waals surface area contributed by atoms with E-state index in [2.05, 4.69) is 0 Å². The highest BCUT2D eigenvalue weighted by Gasteiger charge is 2.35. The number of hydrogen-bond donors (Lipinski definition) is 1. The van der Waals surface area contributed by atoms with Crippen molar-refractivity contribution < 1.29 is 13.2 Å². The van der Waals surface area contributed by atoms with Crippen LogP contribution in [0.25, 0.3) is 0 Å². The van der Waals surface area contributed by atoms with Gasteiger partial charge in [0.1, 0.15) is 0 Å². The van der Waals surface area contributed by atoms with E-state index in [1.165, 1.54) is 12.1 Å². The van der Waals surface area contributed by atoms with E-state index in [0.29, 0.717) is 19.0 Å². The van der Waals surface area contributed by atoms with Gasteiger partial charge in [-0.3, -0.25) is 0 Å². The van der Waals surface area contributed by atoms with Gasteiger partial charge in [-0.05, 0) is 43.9 Å². The van der Waals surface area contributed by atoms with Crippen molar-refractivity contribution in [3.8, 4) is 0 Å². The van der Waals surface area contributed by atoms with Gasteiger partial charge in [-0.1, -0.05) is 0 Å². The standard InChI is InChI=1S/C13H17F3N2/c1-2-18(8-9-3-4-9)12-6-5-10(17)7-11(12)13(14,15)16/h5-7,9H,2-4,8,17H2,1H3. The molecule has 2 rings (SSSR count). The Morgan fingerprint density at radius 2 is 2.00 bits per heavy atom. The van der Waals surface area contributed by atoms with Crippen LogP contribution in [-0.2, 0) is 6.18 Å². The zero-order chi connectivity index (χ0) is 13.3. The molecule has 0 heterocycles. The lowest BCUT2D eigenvalue weighted by atomic mass is 10.1. The fourth-order valence-electron chi connectivity index (χ4n) is 2.07. The Morgan fingerprint density at radius 1 is 1.33 bits per heavy atom. The first-order valence-corrected chi connectivity index (χ1v) is 6.13. The second kappa shape index (κ2) is 4.71. The van der Waals surface area contributed by atoms with Crippen LogP contribution < -0.4 is 10.6 Å². The van der Waals surface area contributed by atoms with E-state index in [0.717, 1.165) is 18.9 Å². The first-order chi connectivity index (χ1) is 8.41. The Morgan fingerprint density at radius 3 is 2.50 bits per heavy atom. The number of nitrogens with two attached hydrogens (primary N) is 1. The van der Waals surface area contributed by atoms with E-state index in [1.54, 1.807) is 4.90 Å². The predicted octanol–water partition coefficient (Wildman–Crippen LogP) is 3.52. The number of anilines is 2. The molecule has 0 saturated heterocycles. The lowest BCUT2D eigenvalue weighted by Crippen LogP contribution is -2.27. The predicted molar refractivity (Wildman–Crippen MR) is 66.5 cm³/mol. The molecule has 0 aliphatic heterocycles. The van der Waals surface area contributed by atoms with Crippen LogP contribution in [0.1, 0.15) is 25.3 Å². The Labute approximate surface area is 105 Å². The summed E-state index contributed by atoms with van der Waals surface area (Å²) >= 11 is 0. The summed E-state index contributed by atoms with van der Waals surface area (Å²) in [7, 11) is 0. The highest BCUT2D eigenvalue weighted by atomic mass is 19.4. The number of halogens is 3. The molecule has 0 aromatic heterocycles. The summed E-state index contributed by atoms with van der Waals surface area (Å²) in [5.41, 5.74) is 5.22. The molecule has 2 N–H and O–H groups in total. The van der Waals surface area contributed by atoms with Gasteiger partial charge >= 0.3 is 6.18 Å². The van der Waals surface area contributed by atoms with Crippen molar-refractivity contribution >= 4 is 11.4 Å². The zero-order valence-electron chi connectivity index (χ0n) is 10.3. The molecule has 18 heavy (non-hydrogen) atoms. The van der Waals surface area contributed by atoms with Crippen molar-refractivity contribution in [2.45, 2.75) is 25.9 Å². The van der Waals surface area contributed by atoms with Crippen molar-refractivity contribution in [1.82, 2.24) is 0 Å². The molecule has 1 aliphatic carbocycles. The summed E-state index contributed by atoms with van der Waals surface area (Å²) in [6.45, 7) is 3.14. The van der Waals surface area contributed by atoms with E-state index in [9.17, 15) is 13.2 Å². The largest absolute Gasteiger partial charge is 0.418 e. The molecule has 1 aromatic rings. The summed E-state index contributed by atoms with van der Waals surface area (Å²) in [5.74, 6) is 0.545. The van der Waals surface area contributed by atoms with Crippen LogP contribution in [0.2, 0.25) is 0 Å². The van der Waals surface area contributed by atoms with Crippen LogP contribution in [-0.4, -0.2) is 13.1 Å². The van der Waals surface area contributed by atoms with Crippen LogP contribution in [0.3, 0.4) is 0 Å². The van der Waals surface area contributed by atoms with E-state index in [-0.39, 0.29) is 11.4 Å². The highest BCUT2D eigenvalue weighted by Crippen LogP contribution is 2.39. The molecule has 0 radical (unpaired) electrons. The van der Waals surface area contributed by atoms with Crippen molar-refractivity contribution in [1.29, 1.82) is 0 Å². The van der Waals surface area contributed by atoms with Crippen molar-refractivity contribution in [2.75, 3.05) is 23.7 Å². The first-order valence-electron chi connectivity index (χ1n) is 6.13. The Kier molecular flexibility index (Phi) is 3.41. The van der Waals surface area contributed by atoms with Gasteiger partial charge in [0, 0.05) is 24.5 Å². The van der Waals surface area contributed by atoms with E-state index >= 15 is 0 Å². The summed E-state index contributed by atoms with van der Waals surface area (Å²) < 4.78 is 39.0. The third kappa shape index (κ3) is 2.89. The van der Waals surface area contributed by atoms with Gasteiger partial charge in [-0.15, -0.1) is 0 Å². The molecule has 0 unspecified atom stereocenters. The Balaban J connectivity index is 2.34. The second-order valence-electron chi connectivity index (χ2n) is 4.76. The van der Waals surface area contributed by atoms with Gasteiger partial charge in [0.25, 0.3) is 0 Å². The molecular weight excluding hydrogens is 241 g/mol. The number of alkyl halides is 3. The van der Waals surface area contributed by atoms with Crippen LogP contribution in [0.4, 0.5) is 24.5 Å². The lowest BCUT2D eigenvalue weighted by molar-refractivity contribution is -0.137. The van der Waals surface area contributed by atoms with Crippen molar-refractivity contribution in [3.05, 3.63) is 23.8 Å². The number of rotatable bonds is 4. The average Bonchev–Trinajstić information content (AvgIpc) is 3.09. The number of nitrogen functional groups attached to an aromatic ring is 1. The minimum absolute atomic E-state index is 0.147. The van der Waals surface area contributed by atoms with E-state index < -0.39 is 11.7 Å². The maximum atomic E-state index is 13.0. The topological polar surface area (TPSA) is 29.3 Å². The molecule has 2 nitrogen and oxygen atoms in total. The summed E-state index contributed by atoms with van der Waals surface area (Å²) in [5, 5.41) is 0. The molecule has 1 aromatic carbocycles. The molecule has 1 aliphatic rings. The monoisotopic (exact) mass is 258 g/mol. The van der Waals surface area contributed by atoms with Gasteiger partial charge in [0.15, 0.2) is 0 Å². The molecular formula is C13H17F3N2. The summed E-state index contributed by atoms with van der Waals surface area (Å²) in [4.78, 5) is 1.79. The van der Waals surface area contributed by atoms with Crippen LogP contribution in [0, 0.1) is 5.92 Å². The third-order valence-corrected chi connectivity index (χ3v) is 3.22. The molecule has 5 heteroatoms. The van der Waals surface area contributed by atoms with Crippen molar-refractivity contribution in [2.24, 2.45) is 5.92 Å². The summed E-state index contributed by atoms with van der Waals surface area (Å²) in [6, 6.07) is 4.02. The zero-order valence-corrected chi connectivity index (χ0v) is 10.3. The minimum Gasteiger partial charge on any atom is -0.399 e. The molecule has 1 saturated carbocycles. The van der Waals surface area contributed by atoms with Crippen LogP contribution in [0.5, 0.6) is 0 Å². The quantitative estimate of drug-likeness (QED) is 0.837. The smallest absolute Gasteiger partial charge is 0.399 e.